The molecule has 1 aliphatic heterocycles. The van der Waals surface area contributed by atoms with Crippen molar-refractivity contribution in [2.24, 2.45) is 0 Å². The second kappa shape index (κ2) is 7.96. The number of benzene rings is 2. The van der Waals surface area contributed by atoms with Crippen molar-refractivity contribution in [3.05, 3.63) is 59.1 Å². The van der Waals surface area contributed by atoms with E-state index in [1.54, 1.807) is 24.3 Å². The highest BCUT2D eigenvalue weighted by Crippen LogP contribution is 2.25. The monoisotopic (exact) mass is 393 g/mol. The molecule has 0 radical (unpaired) electrons. The number of hydrogen-bond donors (Lipinski definition) is 0. The minimum absolute atomic E-state index is 0.189. The van der Waals surface area contributed by atoms with Crippen LogP contribution in [0.5, 0.6) is 0 Å². The van der Waals surface area contributed by atoms with E-state index in [1.807, 2.05) is 14.1 Å². The van der Waals surface area contributed by atoms with Gasteiger partial charge in [0.05, 0.1) is 5.02 Å². The molecule has 1 aliphatic rings. The van der Waals surface area contributed by atoms with Gasteiger partial charge in [-0.1, -0.05) is 35.9 Å². The van der Waals surface area contributed by atoms with Crippen LogP contribution in [0.1, 0.15) is 5.56 Å². The summed E-state index contributed by atoms with van der Waals surface area (Å²) in [6.07, 6.45) is 0. The summed E-state index contributed by atoms with van der Waals surface area (Å²) < 4.78 is 27.1. The molecule has 0 spiro atoms. The van der Waals surface area contributed by atoms with Gasteiger partial charge in [-0.2, -0.15) is 4.31 Å². The van der Waals surface area contributed by atoms with Crippen molar-refractivity contribution in [1.82, 2.24) is 9.21 Å². The van der Waals surface area contributed by atoms with Crippen molar-refractivity contribution in [3.63, 3.8) is 0 Å². The Morgan fingerprint density at radius 3 is 2.15 bits per heavy atom. The SMILES string of the molecule is CN(C)c1ccc(CN2CCN(S(=O)(=O)c3ccccc3Cl)CC2)cc1. The minimum Gasteiger partial charge on any atom is -0.378 e. The predicted octanol–water partition coefficient (Wildman–Crippen LogP) is 2.91. The normalized spacial score (nSPS) is 16.6. The lowest BCUT2D eigenvalue weighted by Crippen LogP contribution is -2.48. The van der Waals surface area contributed by atoms with Crippen LogP contribution in [0.4, 0.5) is 5.69 Å². The van der Waals surface area contributed by atoms with Crippen LogP contribution < -0.4 is 4.90 Å². The number of rotatable bonds is 5. The highest BCUT2D eigenvalue weighted by molar-refractivity contribution is 7.89. The Morgan fingerprint density at radius 1 is 0.962 bits per heavy atom. The predicted molar refractivity (Wildman–Crippen MR) is 106 cm³/mol. The number of hydrogen-bond acceptors (Lipinski definition) is 4. The molecule has 0 N–H and O–H groups in total. The molecule has 140 valence electrons. The topological polar surface area (TPSA) is 43.9 Å². The van der Waals surface area contributed by atoms with Gasteiger partial charge in [0, 0.05) is 52.5 Å². The first kappa shape index (κ1) is 19.2. The molecular formula is C19H24ClN3O2S. The van der Waals surface area contributed by atoms with Gasteiger partial charge in [-0.05, 0) is 29.8 Å². The van der Waals surface area contributed by atoms with Crippen LogP contribution in [0.15, 0.2) is 53.4 Å². The summed E-state index contributed by atoms with van der Waals surface area (Å²) in [4.78, 5) is 4.54. The molecule has 0 aliphatic carbocycles. The lowest BCUT2D eigenvalue weighted by Gasteiger charge is -2.34. The van der Waals surface area contributed by atoms with E-state index in [-0.39, 0.29) is 9.92 Å². The first-order chi connectivity index (χ1) is 12.4. The zero-order chi connectivity index (χ0) is 18.7. The molecule has 1 heterocycles. The zero-order valence-electron chi connectivity index (χ0n) is 15.1. The van der Waals surface area contributed by atoms with E-state index in [1.165, 1.54) is 15.6 Å². The van der Waals surface area contributed by atoms with E-state index >= 15 is 0 Å². The van der Waals surface area contributed by atoms with E-state index in [9.17, 15) is 8.42 Å². The van der Waals surface area contributed by atoms with Gasteiger partial charge in [0.15, 0.2) is 0 Å². The molecule has 0 aromatic heterocycles. The van der Waals surface area contributed by atoms with Gasteiger partial charge in [-0.15, -0.1) is 0 Å². The Morgan fingerprint density at radius 2 is 1.58 bits per heavy atom. The average Bonchev–Trinajstić information content (AvgIpc) is 2.63. The molecule has 7 heteroatoms. The molecule has 0 bridgehead atoms. The van der Waals surface area contributed by atoms with E-state index in [0.717, 1.165) is 6.54 Å². The highest BCUT2D eigenvalue weighted by atomic mass is 35.5. The summed E-state index contributed by atoms with van der Waals surface area (Å²) in [5.74, 6) is 0. The van der Waals surface area contributed by atoms with E-state index in [2.05, 4.69) is 34.1 Å². The fourth-order valence-corrected chi connectivity index (χ4v) is 4.99. The third kappa shape index (κ3) is 4.20. The second-order valence-corrected chi connectivity index (χ2v) is 8.99. The zero-order valence-corrected chi connectivity index (χ0v) is 16.7. The van der Waals surface area contributed by atoms with Crippen molar-refractivity contribution in [2.45, 2.75) is 11.4 Å². The summed E-state index contributed by atoms with van der Waals surface area (Å²) in [6.45, 7) is 3.19. The lowest BCUT2D eigenvalue weighted by molar-refractivity contribution is 0.181. The summed E-state index contributed by atoms with van der Waals surface area (Å²) in [6, 6.07) is 15.1. The summed E-state index contributed by atoms with van der Waals surface area (Å²) >= 11 is 6.08. The summed E-state index contributed by atoms with van der Waals surface area (Å²) in [5.41, 5.74) is 2.41. The Bertz CT molecular complexity index is 845. The van der Waals surface area contributed by atoms with Crippen molar-refractivity contribution in [2.75, 3.05) is 45.2 Å². The smallest absolute Gasteiger partial charge is 0.244 e. The molecule has 0 atom stereocenters. The number of anilines is 1. The summed E-state index contributed by atoms with van der Waals surface area (Å²) in [7, 11) is 0.508. The first-order valence-corrected chi connectivity index (χ1v) is 10.4. The Balaban J connectivity index is 1.61. The van der Waals surface area contributed by atoms with E-state index in [4.69, 9.17) is 11.6 Å². The highest BCUT2D eigenvalue weighted by Gasteiger charge is 2.29. The van der Waals surface area contributed by atoms with Crippen LogP contribution in [0.2, 0.25) is 5.02 Å². The van der Waals surface area contributed by atoms with Gasteiger partial charge >= 0.3 is 0 Å². The quantitative estimate of drug-likeness (QED) is 0.783. The number of halogens is 1. The maximum absolute atomic E-state index is 12.8. The standard InChI is InChI=1S/C19H24ClN3O2S/c1-21(2)17-9-7-16(8-10-17)15-22-11-13-23(14-12-22)26(24,25)19-6-4-3-5-18(19)20/h3-10H,11-15H2,1-2H3. The molecule has 2 aromatic carbocycles. The lowest BCUT2D eigenvalue weighted by atomic mass is 10.2. The maximum Gasteiger partial charge on any atom is 0.244 e. The van der Waals surface area contributed by atoms with Gasteiger partial charge in [-0.25, -0.2) is 8.42 Å². The van der Waals surface area contributed by atoms with Gasteiger partial charge in [0.2, 0.25) is 10.0 Å². The fraction of sp³-hybridized carbons (Fsp3) is 0.368. The molecule has 5 nitrogen and oxygen atoms in total. The molecule has 2 aromatic rings. The van der Waals surface area contributed by atoms with Crippen LogP contribution in [-0.4, -0.2) is 57.9 Å². The van der Waals surface area contributed by atoms with E-state index in [0.29, 0.717) is 26.2 Å². The molecule has 1 saturated heterocycles. The minimum atomic E-state index is -3.53. The number of piperazine rings is 1. The Kier molecular flexibility index (Phi) is 5.87. The second-order valence-electron chi connectivity index (χ2n) is 6.67. The third-order valence-electron chi connectivity index (χ3n) is 4.64. The van der Waals surface area contributed by atoms with Crippen LogP contribution in [0.25, 0.3) is 0 Å². The van der Waals surface area contributed by atoms with Crippen LogP contribution in [0.3, 0.4) is 0 Å². The van der Waals surface area contributed by atoms with Crippen molar-refractivity contribution in [1.29, 1.82) is 0 Å². The Labute approximate surface area is 160 Å². The summed E-state index contributed by atoms with van der Waals surface area (Å²) in [5, 5.41) is 0.274. The van der Waals surface area contributed by atoms with Crippen molar-refractivity contribution < 1.29 is 8.42 Å². The van der Waals surface area contributed by atoms with Crippen LogP contribution >= 0.6 is 11.6 Å². The molecule has 3 rings (SSSR count). The molecule has 0 saturated carbocycles. The van der Waals surface area contributed by atoms with Crippen molar-refractivity contribution >= 4 is 27.3 Å². The maximum atomic E-state index is 12.8. The third-order valence-corrected chi connectivity index (χ3v) is 7.04. The van der Waals surface area contributed by atoms with Gasteiger partial charge in [0.1, 0.15) is 4.90 Å². The Hall–Kier alpha value is -1.60. The molecular weight excluding hydrogens is 370 g/mol. The van der Waals surface area contributed by atoms with Gasteiger partial charge in [0.25, 0.3) is 0 Å². The van der Waals surface area contributed by atoms with Gasteiger partial charge in [-0.3, -0.25) is 4.90 Å². The molecule has 0 unspecified atom stereocenters. The molecule has 0 amide bonds. The van der Waals surface area contributed by atoms with Gasteiger partial charge < -0.3 is 4.90 Å². The molecule has 26 heavy (non-hydrogen) atoms. The van der Waals surface area contributed by atoms with Crippen LogP contribution in [-0.2, 0) is 16.6 Å². The fourth-order valence-electron chi connectivity index (χ4n) is 3.08. The average molecular weight is 394 g/mol. The largest absolute Gasteiger partial charge is 0.378 e. The molecule has 1 fully saturated rings. The van der Waals surface area contributed by atoms with E-state index < -0.39 is 10.0 Å². The number of nitrogens with zero attached hydrogens (tertiary/aromatic N) is 3. The first-order valence-electron chi connectivity index (χ1n) is 8.61. The number of sulfonamides is 1. The van der Waals surface area contributed by atoms with Crippen molar-refractivity contribution in [3.8, 4) is 0 Å². The van der Waals surface area contributed by atoms with Crippen LogP contribution in [0, 0.1) is 0 Å².